The number of tetrazole rings is 1. The van der Waals surface area contributed by atoms with Gasteiger partial charge in [-0.25, -0.2) is 4.98 Å². The molecule has 4 N–H and O–H groups in total. The van der Waals surface area contributed by atoms with Crippen molar-refractivity contribution in [3.8, 4) is 22.5 Å². The molecule has 1 atom stereocenters. The van der Waals surface area contributed by atoms with Crippen molar-refractivity contribution in [2.45, 2.75) is 38.7 Å². The number of ether oxygens (including phenoxy) is 1. The van der Waals surface area contributed by atoms with E-state index in [-0.39, 0.29) is 6.54 Å². The molecule has 4 aromatic rings. The van der Waals surface area contributed by atoms with E-state index in [1.165, 1.54) is 0 Å². The lowest BCUT2D eigenvalue weighted by atomic mass is 9.95. The number of benzene rings is 2. The van der Waals surface area contributed by atoms with Gasteiger partial charge < -0.3 is 15.5 Å². The topological polar surface area (TPSA) is 135 Å². The Balaban J connectivity index is 1.70. The van der Waals surface area contributed by atoms with Crippen LogP contribution < -0.4 is 5.73 Å². The highest BCUT2D eigenvalue weighted by atomic mass is 35.5. The third-order valence-electron chi connectivity index (χ3n) is 5.44. The normalized spacial score (nSPS) is 12.0. The Kier molecular flexibility index (Phi) is 7.66. The SMILES string of the molecule is CCCCc1nc(Cl)c([C@@H](Cc2ccc(-c3ccccc3)c(-c3nn[nH]n3)c2)OC(=O)CN)[nH]1. The molecule has 0 spiro atoms. The van der Waals surface area contributed by atoms with Crippen molar-refractivity contribution in [3.63, 3.8) is 0 Å². The molecule has 2 heterocycles. The van der Waals surface area contributed by atoms with E-state index in [9.17, 15) is 4.79 Å². The van der Waals surface area contributed by atoms with Crippen molar-refractivity contribution in [1.82, 2.24) is 30.6 Å². The Labute approximate surface area is 202 Å². The number of nitrogens with one attached hydrogen (secondary N) is 2. The average molecular weight is 480 g/mol. The summed E-state index contributed by atoms with van der Waals surface area (Å²) in [6, 6.07) is 15.9. The molecule has 0 aliphatic heterocycles. The standard InChI is InChI=1S/C24H26ClN7O2/c1-2-3-9-20-27-22(23(25)28-20)19(34-21(33)14-26)13-15-10-11-17(16-7-5-4-6-8-16)18(12-15)24-29-31-32-30-24/h4-8,10-12,19H,2-3,9,13-14,26H2,1H3,(H,27,28)(H,29,30,31,32)/t19-/m1/s1. The van der Waals surface area contributed by atoms with Crippen LogP contribution in [-0.4, -0.2) is 43.1 Å². The van der Waals surface area contributed by atoms with Crippen LogP contribution >= 0.6 is 11.6 Å². The van der Waals surface area contributed by atoms with Gasteiger partial charge in [-0.1, -0.05) is 67.4 Å². The molecule has 0 amide bonds. The van der Waals surface area contributed by atoms with Crippen LogP contribution in [0, 0.1) is 0 Å². The zero-order valence-corrected chi connectivity index (χ0v) is 19.5. The summed E-state index contributed by atoms with van der Waals surface area (Å²) >= 11 is 6.43. The van der Waals surface area contributed by atoms with Gasteiger partial charge in [-0.05, 0) is 34.4 Å². The number of nitrogens with two attached hydrogens (primary N) is 1. The monoisotopic (exact) mass is 479 g/mol. The summed E-state index contributed by atoms with van der Waals surface area (Å²) in [5, 5.41) is 14.9. The molecule has 34 heavy (non-hydrogen) atoms. The number of hydrogen-bond donors (Lipinski definition) is 3. The molecule has 2 aromatic carbocycles. The maximum Gasteiger partial charge on any atom is 0.320 e. The van der Waals surface area contributed by atoms with Crippen molar-refractivity contribution in [3.05, 3.63) is 70.8 Å². The Morgan fingerprint density at radius 3 is 2.71 bits per heavy atom. The number of nitrogens with zero attached hydrogens (tertiary/aromatic N) is 4. The Bertz CT molecular complexity index is 1230. The Morgan fingerprint density at radius 2 is 2.00 bits per heavy atom. The fourth-order valence-corrected chi connectivity index (χ4v) is 4.03. The summed E-state index contributed by atoms with van der Waals surface area (Å²) in [6.45, 7) is 1.88. The zero-order chi connectivity index (χ0) is 23.9. The number of imidazole rings is 1. The first-order chi connectivity index (χ1) is 16.6. The molecular formula is C24H26ClN7O2. The van der Waals surface area contributed by atoms with E-state index in [4.69, 9.17) is 22.1 Å². The van der Waals surface area contributed by atoms with Crippen LogP contribution in [0.1, 0.15) is 43.0 Å². The highest BCUT2D eigenvalue weighted by molar-refractivity contribution is 6.30. The first-order valence-corrected chi connectivity index (χ1v) is 11.5. The van der Waals surface area contributed by atoms with E-state index >= 15 is 0 Å². The molecule has 0 aliphatic rings. The predicted octanol–water partition coefficient (Wildman–Crippen LogP) is 4.04. The van der Waals surface area contributed by atoms with Crippen molar-refractivity contribution < 1.29 is 9.53 Å². The lowest BCUT2D eigenvalue weighted by molar-refractivity contribution is -0.147. The minimum absolute atomic E-state index is 0.230. The highest BCUT2D eigenvalue weighted by Crippen LogP contribution is 2.33. The van der Waals surface area contributed by atoms with Crippen LogP contribution in [0.4, 0.5) is 0 Å². The number of carbonyl (C=O) groups excluding carboxylic acids is 1. The van der Waals surface area contributed by atoms with Gasteiger partial charge in [-0.2, -0.15) is 5.21 Å². The zero-order valence-electron chi connectivity index (χ0n) is 18.8. The maximum absolute atomic E-state index is 12.1. The summed E-state index contributed by atoms with van der Waals surface area (Å²) in [4.78, 5) is 19.8. The van der Waals surface area contributed by atoms with Crippen LogP contribution in [0.25, 0.3) is 22.5 Å². The van der Waals surface area contributed by atoms with Gasteiger partial charge >= 0.3 is 5.97 Å². The molecule has 176 valence electrons. The van der Waals surface area contributed by atoms with Crippen molar-refractivity contribution >= 4 is 17.6 Å². The minimum Gasteiger partial charge on any atom is -0.455 e. The molecule has 10 heteroatoms. The highest BCUT2D eigenvalue weighted by Gasteiger charge is 2.24. The smallest absolute Gasteiger partial charge is 0.320 e. The first kappa shape index (κ1) is 23.6. The van der Waals surface area contributed by atoms with E-state index in [1.54, 1.807) is 0 Å². The molecule has 9 nitrogen and oxygen atoms in total. The molecule has 0 radical (unpaired) electrons. The summed E-state index contributed by atoms with van der Waals surface area (Å²) in [5.74, 6) is 0.713. The largest absolute Gasteiger partial charge is 0.455 e. The molecule has 0 aliphatic carbocycles. The van der Waals surface area contributed by atoms with Crippen molar-refractivity contribution in [1.29, 1.82) is 0 Å². The number of carbonyl (C=O) groups is 1. The van der Waals surface area contributed by atoms with Gasteiger partial charge in [0.2, 0.25) is 5.82 Å². The molecule has 0 saturated heterocycles. The summed E-state index contributed by atoms with van der Waals surface area (Å²) in [7, 11) is 0. The number of aryl methyl sites for hydroxylation is 1. The van der Waals surface area contributed by atoms with Gasteiger partial charge in [-0.3, -0.25) is 4.79 Å². The van der Waals surface area contributed by atoms with Gasteiger partial charge in [0.1, 0.15) is 11.9 Å². The van der Waals surface area contributed by atoms with E-state index in [0.717, 1.165) is 47.3 Å². The molecule has 0 bridgehead atoms. The van der Waals surface area contributed by atoms with E-state index < -0.39 is 12.1 Å². The third-order valence-corrected chi connectivity index (χ3v) is 5.73. The fourth-order valence-electron chi connectivity index (χ4n) is 3.76. The van der Waals surface area contributed by atoms with Crippen LogP contribution in [-0.2, 0) is 22.4 Å². The average Bonchev–Trinajstić information content (AvgIpc) is 3.53. The lowest BCUT2D eigenvalue weighted by Gasteiger charge is -2.18. The minimum atomic E-state index is -0.674. The van der Waals surface area contributed by atoms with E-state index in [0.29, 0.717) is 23.1 Å². The quantitative estimate of drug-likeness (QED) is 0.292. The van der Waals surface area contributed by atoms with Gasteiger partial charge in [0.25, 0.3) is 0 Å². The summed E-state index contributed by atoms with van der Waals surface area (Å²) in [5.41, 5.74) is 9.76. The number of esters is 1. The van der Waals surface area contributed by atoms with Gasteiger partial charge in [0, 0.05) is 18.4 Å². The molecule has 2 aromatic heterocycles. The van der Waals surface area contributed by atoms with E-state index in [2.05, 4.69) is 37.5 Å². The molecule has 0 unspecified atom stereocenters. The van der Waals surface area contributed by atoms with E-state index in [1.807, 2.05) is 48.5 Å². The Hall–Kier alpha value is -3.56. The second-order valence-electron chi connectivity index (χ2n) is 7.86. The molecule has 4 rings (SSSR count). The number of H-pyrrole nitrogens is 2. The van der Waals surface area contributed by atoms with Crippen molar-refractivity contribution in [2.24, 2.45) is 5.73 Å². The Morgan fingerprint density at radius 1 is 1.18 bits per heavy atom. The number of aromatic nitrogens is 6. The maximum atomic E-state index is 12.1. The number of aromatic amines is 2. The van der Waals surface area contributed by atoms with Crippen LogP contribution in [0.15, 0.2) is 48.5 Å². The first-order valence-electron chi connectivity index (χ1n) is 11.1. The van der Waals surface area contributed by atoms with Crippen molar-refractivity contribution in [2.75, 3.05) is 6.54 Å². The van der Waals surface area contributed by atoms with Crippen LogP contribution in [0.3, 0.4) is 0 Å². The van der Waals surface area contributed by atoms with Crippen LogP contribution in [0.2, 0.25) is 5.15 Å². The number of hydrogen-bond acceptors (Lipinski definition) is 7. The van der Waals surface area contributed by atoms with Gasteiger partial charge in [0.15, 0.2) is 5.15 Å². The van der Waals surface area contributed by atoms with Gasteiger partial charge in [0.05, 0.1) is 12.2 Å². The number of rotatable bonds is 10. The second-order valence-corrected chi connectivity index (χ2v) is 8.22. The van der Waals surface area contributed by atoms with Gasteiger partial charge in [-0.15, -0.1) is 10.2 Å². The molecule has 0 saturated carbocycles. The number of unbranched alkanes of at least 4 members (excludes halogenated alkanes) is 1. The second kappa shape index (κ2) is 11.0. The summed E-state index contributed by atoms with van der Waals surface area (Å²) in [6.07, 6.45) is 2.46. The third kappa shape index (κ3) is 5.49. The lowest BCUT2D eigenvalue weighted by Crippen LogP contribution is -2.21. The molecule has 0 fully saturated rings. The fraction of sp³-hybridized carbons (Fsp3) is 0.292. The predicted molar refractivity (Wildman–Crippen MR) is 129 cm³/mol. The summed E-state index contributed by atoms with van der Waals surface area (Å²) < 4.78 is 5.66. The molecular weight excluding hydrogens is 454 g/mol. The van der Waals surface area contributed by atoms with Crippen LogP contribution in [0.5, 0.6) is 0 Å². The number of halogens is 1.